The van der Waals surface area contributed by atoms with Gasteiger partial charge in [0.1, 0.15) is 17.2 Å². The fraction of sp³-hybridized carbons (Fsp3) is 0.296. The van der Waals surface area contributed by atoms with Gasteiger partial charge < -0.3 is 20.1 Å². The molecule has 4 heterocycles. The van der Waals surface area contributed by atoms with Crippen LogP contribution < -0.4 is 5.73 Å². The van der Waals surface area contributed by atoms with Crippen molar-refractivity contribution < 1.29 is 18.7 Å². The molecule has 0 bridgehead atoms. The molecule has 2 aromatic heterocycles. The summed E-state index contributed by atoms with van der Waals surface area (Å²) in [5.74, 6) is 5.64. The third kappa shape index (κ3) is 3.66. The smallest absolute Gasteiger partial charge is 0.257 e. The molecule has 0 aliphatic carbocycles. The van der Waals surface area contributed by atoms with Crippen LogP contribution in [0.2, 0.25) is 0 Å². The topological polar surface area (TPSA) is 95.0 Å². The van der Waals surface area contributed by atoms with E-state index in [1.165, 1.54) is 17.0 Å². The van der Waals surface area contributed by atoms with Crippen molar-refractivity contribution >= 4 is 28.3 Å². The standard InChI is InChI=1S/C27H24FN5O3/c1-27(13-36-14-27)6-5-16-3-4-18-17(7-16)11-35-12-24(18)32(2)26(34)19-8-22-21(9-20(19)28)31-25(29)23-10-30-15-33(22)23/h3-4,7-10,15,24H,11-14H2,1-2H3,(H2,29,31)/t24-/m1/s1. The number of halogens is 1. The summed E-state index contributed by atoms with van der Waals surface area (Å²) in [6.45, 7) is 4.11. The van der Waals surface area contributed by atoms with Crippen molar-refractivity contribution in [2.24, 2.45) is 5.41 Å². The van der Waals surface area contributed by atoms with E-state index >= 15 is 4.39 Å². The number of amides is 1. The first-order valence-electron chi connectivity index (χ1n) is 11.6. The molecule has 2 N–H and O–H groups in total. The Morgan fingerprint density at radius 2 is 2.08 bits per heavy atom. The van der Waals surface area contributed by atoms with E-state index in [0.717, 1.165) is 16.7 Å². The predicted molar refractivity (Wildman–Crippen MR) is 132 cm³/mol. The molecule has 0 spiro atoms. The number of anilines is 1. The maximum atomic E-state index is 15.1. The van der Waals surface area contributed by atoms with Gasteiger partial charge >= 0.3 is 0 Å². The number of nitrogens with two attached hydrogens (primary N) is 1. The highest BCUT2D eigenvalue weighted by Crippen LogP contribution is 2.32. The predicted octanol–water partition coefficient (Wildman–Crippen LogP) is 3.34. The number of nitrogens with zero attached hydrogens (tertiary/aromatic N) is 4. The number of carbonyl (C=O) groups is 1. The molecule has 0 saturated carbocycles. The summed E-state index contributed by atoms with van der Waals surface area (Å²) >= 11 is 0. The van der Waals surface area contributed by atoms with Crippen LogP contribution in [0.1, 0.15) is 40.0 Å². The molecule has 1 saturated heterocycles. The van der Waals surface area contributed by atoms with Crippen LogP contribution in [0, 0.1) is 23.1 Å². The molecular formula is C27H24FN5O3. The number of nitrogen functional groups attached to an aromatic ring is 1. The van der Waals surface area contributed by atoms with Gasteiger partial charge in [-0.3, -0.25) is 9.20 Å². The van der Waals surface area contributed by atoms with Gasteiger partial charge in [0, 0.05) is 18.7 Å². The first kappa shape index (κ1) is 22.5. The molecule has 1 atom stereocenters. The Morgan fingerprint density at radius 3 is 2.86 bits per heavy atom. The molecule has 0 unspecified atom stereocenters. The molecule has 8 nitrogen and oxygen atoms in total. The van der Waals surface area contributed by atoms with Crippen molar-refractivity contribution in [3.63, 3.8) is 0 Å². The zero-order valence-electron chi connectivity index (χ0n) is 19.9. The fourth-order valence-corrected chi connectivity index (χ4v) is 4.72. The molecule has 4 aromatic rings. The van der Waals surface area contributed by atoms with E-state index in [2.05, 4.69) is 28.7 Å². The molecule has 1 fully saturated rings. The third-order valence-electron chi connectivity index (χ3n) is 6.87. The average Bonchev–Trinajstić information content (AvgIpc) is 3.36. The van der Waals surface area contributed by atoms with Gasteiger partial charge in [-0.2, -0.15) is 0 Å². The minimum Gasteiger partial charge on any atom is -0.382 e. The van der Waals surface area contributed by atoms with Gasteiger partial charge in [-0.15, -0.1) is 0 Å². The molecule has 2 aliphatic rings. The van der Waals surface area contributed by atoms with Crippen LogP contribution >= 0.6 is 0 Å². The summed E-state index contributed by atoms with van der Waals surface area (Å²) in [6.07, 6.45) is 3.14. The molecule has 0 radical (unpaired) electrons. The zero-order chi connectivity index (χ0) is 25.0. The first-order chi connectivity index (χ1) is 17.3. The number of rotatable bonds is 2. The van der Waals surface area contributed by atoms with Crippen LogP contribution in [-0.4, -0.2) is 52.0 Å². The van der Waals surface area contributed by atoms with Crippen molar-refractivity contribution in [3.05, 3.63) is 70.9 Å². The lowest BCUT2D eigenvalue weighted by molar-refractivity contribution is -0.0648. The van der Waals surface area contributed by atoms with Gasteiger partial charge in [0.15, 0.2) is 0 Å². The molecule has 6 rings (SSSR count). The van der Waals surface area contributed by atoms with Gasteiger partial charge in [0.25, 0.3) is 5.91 Å². The summed E-state index contributed by atoms with van der Waals surface area (Å²) in [4.78, 5) is 23.4. The number of benzene rings is 2. The fourth-order valence-electron chi connectivity index (χ4n) is 4.72. The van der Waals surface area contributed by atoms with Gasteiger partial charge in [-0.05, 0) is 36.2 Å². The zero-order valence-corrected chi connectivity index (χ0v) is 19.9. The minimum absolute atomic E-state index is 0.0582. The van der Waals surface area contributed by atoms with Gasteiger partial charge in [-0.25, -0.2) is 14.4 Å². The molecular weight excluding hydrogens is 461 g/mol. The Hall–Kier alpha value is -4.00. The lowest BCUT2D eigenvalue weighted by Crippen LogP contribution is -2.38. The van der Waals surface area contributed by atoms with Crippen molar-refractivity contribution in [2.75, 3.05) is 32.6 Å². The van der Waals surface area contributed by atoms with Crippen molar-refractivity contribution in [2.45, 2.75) is 19.6 Å². The summed E-state index contributed by atoms with van der Waals surface area (Å²) in [5, 5.41) is 0. The Labute approximate surface area is 206 Å². The van der Waals surface area contributed by atoms with Gasteiger partial charge in [0.05, 0.1) is 67.0 Å². The quantitative estimate of drug-likeness (QED) is 0.438. The Kier molecular flexibility index (Phi) is 5.18. The maximum Gasteiger partial charge on any atom is 0.257 e. The highest BCUT2D eigenvalue weighted by Gasteiger charge is 2.32. The Bertz CT molecular complexity index is 1600. The number of likely N-dealkylation sites (N-methyl/N-ethyl adjacent to an activating group) is 1. The normalized spacial score (nSPS) is 18.2. The summed E-state index contributed by atoms with van der Waals surface area (Å²) in [6, 6.07) is 8.29. The lowest BCUT2D eigenvalue weighted by Gasteiger charge is -2.33. The molecule has 1 amide bonds. The van der Waals surface area contributed by atoms with Crippen LogP contribution in [0.4, 0.5) is 10.2 Å². The van der Waals surface area contributed by atoms with E-state index in [1.54, 1.807) is 24.0 Å². The van der Waals surface area contributed by atoms with Crippen LogP contribution in [-0.2, 0) is 16.1 Å². The Morgan fingerprint density at radius 1 is 1.25 bits per heavy atom. The third-order valence-corrected chi connectivity index (χ3v) is 6.87. The van der Waals surface area contributed by atoms with Gasteiger partial charge in [-0.1, -0.05) is 17.9 Å². The van der Waals surface area contributed by atoms with Crippen LogP contribution in [0.15, 0.2) is 42.9 Å². The second-order valence-corrected chi connectivity index (χ2v) is 9.63. The SMILES string of the molecule is CN(C(=O)c1cc2c(cc1F)nc(N)c1cncn12)[C@@H]1COCc2cc(C#CC3(C)COC3)ccc21. The van der Waals surface area contributed by atoms with Crippen molar-refractivity contribution in [1.82, 2.24) is 19.3 Å². The van der Waals surface area contributed by atoms with Gasteiger partial charge in [0.2, 0.25) is 0 Å². The van der Waals surface area contributed by atoms with Crippen LogP contribution in [0.25, 0.3) is 16.6 Å². The van der Waals surface area contributed by atoms with E-state index < -0.39 is 11.7 Å². The monoisotopic (exact) mass is 485 g/mol. The number of fused-ring (bicyclic) bond motifs is 4. The second kappa shape index (κ2) is 8.29. The highest BCUT2D eigenvalue weighted by molar-refractivity contribution is 5.98. The number of aromatic nitrogens is 3. The first-order valence-corrected chi connectivity index (χ1v) is 11.6. The molecule has 2 aliphatic heterocycles. The minimum atomic E-state index is -0.665. The summed E-state index contributed by atoms with van der Waals surface area (Å²) in [5.41, 5.74) is 10.1. The van der Waals surface area contributed by atoms with E-state index in [0.29, 0.717) is 43.0 Å². The number of carbonyl (C=O) groups excluding carboxylic acids is 1. The summed E-state index contributed by atoms with van der Waals surface area (Å²) < 4.78 is 27.9. The highest BCUT2D eigenvalue weighted by atomic mass is 19.1. The largest absolute Gasteiger partial charge is 0.382 e. The molecule has 36 heavy (non-hydrogen) atoms. The Balaban J connectivity index is 1.32. The number of hydrogen-bond acceptors (Lipinski definition) is 6. The number of imidazole rings is 1. The molecule has 2 aromatic carbocycles. The van der Waals surface area contributed by atoms with Crippen molar-refractivity contribution in [3.8, 4) is 11.8 Å². The van der Waals surface area contributed by atoms with Crippen LogP contribution in [0.5, 0.6) is 0 Å². The van der Waals surface area contributed by atoms with Crippen LogP contribution in [0.3, 0.4) is 0 Å². The molecule has 9 heteroatoms. The maximum absolute atomic E-state index is 15.1. The van der Waals surface area contributed by atoms with E-state index in [4.69, 9.17) is 15.2 Å². The van der Waals surface area contributed by atoms with E-state index in [1.807, 2.05) is 18.2 Å². The number of hydrogen-bond donors (Lipinski definition) is 1. The second-order valence-electron chi connectivity index (χ2n) is 9.63. The number of ether oxygens (including phenoxy) is 2. The summed E-state index contributed by atoms with van der Waals surface area (Å²) in [7, 11) is 1.66. The molecule has 182 valence electrons. The lowest BCUT2D eigenvalue weighted by atomic mass is 9.89. The average molecular weight is 486 g/mol. The van der Waals surface area contributed by atoms with Crippen molar-refractivity contribution in [1.29, 1.82) is 0 Å². The van der Waals surface area contributed by atoms with E-state index in [-0.39, 0.29) is 22.8 Å². The van der Waals surface area contributed by atoms with E-state index in [9.17, 15) is 4.79 Å².